The third-order valence-corrected chi connectivity index (χ3v) is 3.25. The summed E-state index contributed by atoms with van der Waals surface area (Å²) in [6, 6.07) is 1.97. The second-order valence-corrected chi connectivity index (χ2v) is 4.84. The summed E-state index contributed by atoms with van der Waals surface area (Å²) in [6.45, 7) is 3.28. The highest BCUT2D eigenvalue weighted by atomic mass is 16.1. The molecule has 1 aromatic heterocycles. The van der Waals surface area contributed by atoms with Crippen LogP contribution in [0.15, 0.2) is 18.5 Å². The molecule has 2 rings (SSSR count). The van der Waals surface area contributed by atoms with Crippen molar-refractivity contribution in [3.63, 3.8) is 0 Å². The first-order valence-corrected chi connectivity index (χ1v) is 6.51. The lowest BCUT2D eigenvalue weighted by atomic mass is 10.1. The highest BCUT2D eigenvalue weighted by Crippen LogP contribution is 2.32. The summed E-state index contributed by atoms with van der Waals surface area (Å²) in [7, 11) is 0. The first-order chi connectivity index (χ1) is 7.81. The number of aryl methyl sites for hydroxylation is 1. The molecule has 88 valence electrons. The van der Waals surface area contributed by atoms with Gasteiger partial charge in [0.2, 0.25) is 0 Å². The second-order valence-electron chi connectivity index (χ2n) is 4.84. The van der Waals surface area contributed by atoms with Crippen LogP contribution in [0, 0.1) is 5.92 Å². The number of unbranched alkanes of at least 4 members (excludes halogenated alkanes) is 3. The second kappa shape index (κ2) is 5.33. The summed E-state index contributed by atoms with van der Waals surface area (Å²) < 4.78 is 2.16. The fourth-order valence-electron chi connectivity index (χ4n) is 2.03. The molecule has 0 N–H and O–H groups in total. The average Bonchev–Trinajstić information content (AvgIpc) is 3.03. The molecule has 1 fully saturated rings. The first kappa shape index (κ1) is 11.4. The molecule has 0 amide bonds. The minimum Gasteiger partial charge on any atom is -0.354 e. The van der Waals surface area contributed by atoms with Crippen LogP contribution in [-0.4, -0.2) is 10.4 Å². The van der Waals surface area contributed by atoms with E-state index < -0.39 is 0 Å². The number of rotatable bonds is 7. The van der Waals surface area contributed by atoms with Crippen molar-refractivity contribution >= 4 is 5.78 Å². The van der Waals surface area contributed by atoms with E-state index in [9.17, 15) is 4.79 Å². The molecule has 0 aliphatic heterocycles. The van der Waals surface area contributed by atoms with Crippen molar-refractivity contribution in [1.82, 2.24) is 4.57 Å². The largest absolute Gasteiger partial charge is 0.354 e. The molecule has 0 atom stereocenters. The van der Waals surface area contributed by atoms with Gasteiger partial charge < -0.3 is 4.57 Å². The van der Waals surface area contributed by atoms with Crippen LogP contribution in [-0.2, 0) is 6.54 Å². The van der Waals surface area contributed by atoms with Gasteiger partial charge in [0.05, 0.1) is 0 Å². The summed E-state index contributed by atoms with van der Waals surface area (Å²) in [5.41, 5.74) is 0.915. The van der Waals surface area contributed by atoms with E-state index in [-0.39, 0.29) is 0 Å². The summed E-state index contributed by atoms with van der Waals surface area (Å²) in [5, 5.41) is 0. The van der Waals surface area contributed by atoms with E-state index in [1.54, 1.807) is 0 Å². The number of carbonyl (C=O) groups excluding carboxylic acids is 1. The van der Waals surface area contributed by atoms with Gasteiger partial charge in [-0.3, -0.25) is 4.79 Å². The van der Waals surface area contributed by atoms with Gasteiger partial charge in [-0.15, -0.1) is 0 Å². The van der Waals surface area contributed by atoms with Crippen LogP contribution in [0.3, 0.4) is 0 Å². The Hall–Kier alpha value is -1.05. The molecule has 16 heavy (non-hydrogen) atoms. The fraction of sp³-hybridized carbons (Fsp3) is 0.643. The van der Waals surface area contributed by atoms with Gasteiger partial charge in [0, 0.05) is 30.4 Å². The Balaban J connectivity index is 1.80. The molecule has 0 unspecified atom stereocenters. The third kappa shape index (κ3) is 2.97. The van der Waals surface area contributed by atoms with Crippen molar-refractivity contribution < 1.29 is 4.79 Å². The van der Waals surface area contributed by atoms with Gasteiger partial charge in [0.1, 0.15) is 0 Å². The minimum absolute atomic E-state index is 0.343. The van der Waals surface area contributed by atoms with Crippen molar-refractivity contribution in [2.45, 2.75) is 52.0 Å². The van der Waals surface area contributed by atoms with Crippen molar-refractivity contribution in [2.24, 2.45) is 5.92 Å². The normalized spacial score (nSPS) is 15.3. The van der Waals surface area contributed by atoms with E-state index in [1.165, 1.54) is 25.7 Å². The van der Waals surface area contributed by atoms with E-state index >= 15 is 0 Å². The third-order valence-electron chi connectivity index (χ3n) is 3.25. The number of hydrogen-bond donors (Lipinski definition) is 0. The number of carbonyl (C=O) groups is 1. The van der Waals surface area contributed by atoms with Gasteiger partial charge in [-0.25, -0.2) is 0 Å². The predicted octanol–water partition coefficient (Wildman–Crippen LogP) is 3.66. The Labute approximate surface area is 97.7 Å². The van der Waals surface area contributed by atoms with Crippen molar-refractivity contribution in [2.75, 3.05) is 0 Å². The van der Waals surface area contributed by atoms with Gasteiger partial charge in [0.15, 0.2) is 5.78 Å². The molecule has 0 radical (unpaired) electrons. The van der Waals surface area contributed by atoms with E-state index in [0.717, 1.165) is 24.9 Å². The molecule has 0 bridgehead atoms. The maximum atomic E-state index is 11.8. The van der Waals surface area contributed by atoms with E-state index in [2.05, 4.69) is 11.5 Å². The van der Waals surface area contributed by atoms with E-state index in [1.807, 2.05) is 18.5 Å². The van der Waals surface area contributed by atoms with Gasteiger partial charge in [-0.05, 0) is 25.3 Å². The summed E-state index contributed by atoms with van der Waals surface area (Å²) in [5.74, 6) is 0.697. The molecule has 1 aromatic rings. The minimum atomic E-state index is 0.343. The lowest BCUT2D eigenvalue weighted by molar-refractivity contribution is 0.0967. The Morgan fingerprint density at radius 1 is 1.38 bits per heavy atom. The molecule has 0 aromatic carbocycles. The molecule has 2 heteroatoms. The van der Waals surface area contributed by atoms with Crippen LogP contribution in [0.25, 0.3) is 0 Å². The number of nitrogens with zero attached hydrogens (tertiary/aromatic N) is 1. The number of ketones is 1. The van der Waals surface area contributed by atoms with Gasteiger partial charge >= 0.3 is 0 Å². The first-order valence-electron chi connectivity index (χ1n) is 6.51. The van der Waals surface area contributed by atoms with Crippen molar-refractivity contribution in [3.05, 3.63) is 24.0 Å². The summed E-state index contributed by atoms with van der Waals surface area (Å²) in [6.07, 6.45) is 11.4. The van der Waals surface area contributed by atoms with E-state index in [4.69, 9.17) is 0 Å². The highest BCUT2D eigenvalue weighted by Gasteiger charge is 2.30. The van der Waals surface area contributed by atoms with Crippen LogP contribution >= 0.6 is 0 Å². The average molecular weight is 219 g/mol. The zero-order chi connectivity index (χ0) is 11.4. The molecule has 2 nitrogen and oxygen atoms in total. The highest BCUT2D eigenvalue weighted by molar-refractivity contribution is 5.99. The van der Waals surface area contributed by atoms with E-state index in [0.29, 0.717) is 11.7 Å². The summed E-state index contributed by atoms with van der Waals surface area (Å²) >= 11 is 0. The Morgan fingerprint density at radius 3 is 2.88 bits per heavy atom. The predicted molar refractivity (Wildman–Crippen MR) is 65.6 cm³/mol. The van der Waals surface area contributed by atoms with Gasteiger partial charge in [-0.2, -0.15) is 0 Å². The SMILES string of the molecule is CCCCCCn1ccc(C(=O)C2CC2)c1. The zero-order valence-corrected chi connectivity index (χ0v) is 10.1. The molecule has 0 spiro atoms. The monoisotopic (exact) mass is 219 g/mol. The number of Topliss-reactive ketones (excluding diaryl/α,β-unsaturated/α-hetero) is 1. The van der Waals surface area contributed by atoms with Crippen molar-refractivity contribution in [3.8, 4) is 0 Å². The molecule has 1 aliphatic rings. The van der Waals surface area contributed by atoms with Crippen molar-refractivity contribution in [1.29, 1.82) is 0 Å². The molecule has 1 aliphatic carbocycles. The van der Waals surface area contributed by atoms with Gasteiger partial charge in [0.25, 0.3) is 0 Å². The van der Waals surface area contributed by atoms with Crippen LogP contribution in [0.4, 0.5) is 0 Å². The standard InChI is InChI=1S/C14H21NO/c1-2-3-4-5-9-15-10-8-13(11-15)14(16)12-6-7-12/h8,10-12H,2-7,9H2,1H3. The topological polar surface area (TPSA) is 22.0 Å². The molecular weight excluding hydrogens is 198 g/mol. The summed E-state index contributed by atoms with van der Waals surface area (Å²) in [4.78, 5) is 11.8. The maximum Gasteiger partial charge on any atom is 0.167 e. The Bertz CT molecular complexity index is 349. The molecular formula is C14H21NO. The lowest BCUT2D eigenvalue weighted by Crippen LogP contribution is -2.00. The van der Waals surface area contributed by atoms with Crippen LogP contribution in [0.2, 0.25) is 0 Å². The molecule has 1 heterocycles. The van der Waals surface area contributed by atoms with Crippen LogP contribution < -0.4 is 0 Å². The molecule has 0 saturated heterocycles. The van der Waals surface area contributed by atoms with Crippen LogP contribution in [0.5, 0.6) is 0 Å². The van der Waals surface area contributed by atoms with Gasteiger partial charge in [-0.1, -0.05) is 26.2 Å². The Kier molecular flexibility index (Phi) is 3.81. The smallest absolute Gasteiger partial charge is 0.167 e. The molecule has 1 saturated carbocycles. The van der Waals surface area contributed by atoms with Crippen LogP contribution in [0.1, 0.15) is 55.8 Å². The lowest BCUT2D eigenvalue weighted by Gasteiger charge is -2.01. The zero-order valence-electron chi connectivity index (χ0n) is 10.1. The quantitative estimate of drug-likeness (QED) is 0.506. The Morgan fingerprint density at radius 2 is 2.19 bits per heavy atom. The number of hydrogen-bond acceptors (Lipinski definition) is 1. The number of aromatic nitrogens is 1. The maximum absolute atomic E-state index is 11.8. The fourth-order valence-corrected chi connectivity index (χ4v) is 2.03.